The quantitative estimate of drug-likeness (QED) is 0.763. The zero-order valence-corrected chi connectivity index (χ0v) is 15.5. The lowest BCUT2D eigenvalue weighted by atomic mass is 9.59. The van der Waals surface area contributed by atoms with Crippen LogP contribution in [-0.4, -0.2) is 40.0 Å². The maximum Gasteiger partial charge on any atom is 0.177 e. The van der Waals surface area contributed by atoms with Gasteiger partial charge in [0.2, 0.25) is 0 Å². The average molecular weight is 372 g/mol. The van der Waals surface area contributed by atoms with E-state index in [1.165, 1.54) is 13.0 Å². The number of phenolic OH excluding ortho intramolecular Hbond substituents is 1. The molecule has 0 spiro atoms. The third-order valence-electron chi connectivity index (χ3n) is 5.95. The van der Waals surface area contributed by atoms with Crippen molar-refractivity contribution in [2.45, 2.75) is 39.5 Å². The van der Waals surface area contributed by atoms with E-state index in [1.54, 1.807) is 6.07 Å². The summed E-state index contributed by atoms with van der Waals surface area (Å²) in [6.45, 7) is 2.99. The van der Waals surface area contributed by atoms with Crippen molar-refractivity contribution in [3.05, 3.63) is 28.8 Å². The van der Waals surface area contributed by atoms with Crippen LogP contribution in [0, 0.1) is 30.6 Å². The van der Waals surface area contributed by atoms with Gasteiger partial charge in [-0.25, -0.2) is 0 Å². The smallest absolute Gasteiger partial charge is 0.177 e. The summed E-state index contributed by atoms with van der Waals surface area (Å²) in [4.78, 5) is 50.2. The van der Waals surface area contributed by atoms with Crippen molar-refractivity contribution in [2.24, 2.45) is 23.7 Å². The van der Waals surface area contributed by atoms with E-state index in [0.29, 0.717) is 12.8 Å². The van der Waals surface area contributed by atoms with E-state index in [0.717, 1.165) is 11.1 Å². The number of aliphatic hydroxyl groups excluding tert-OH is 1. The molecule has 0 aliphatic heterocycles. The first-order chi connectivity index (χ1) is 12.8. The topological polar surface area (TPSA) is 109 Å². The Labute approximate surface area is 157 Å². The highest BCUT2D eigenvalue weighted by Gasteiger charge is 2.52. The fourth-order valence-electron chi connectivity index (χ4n) is 4.79. The number of fused-ring (bicyclic) bond motifs is 2. The Bertz CT molecular complexity index is 824. The second kappa shape index (κ2) is 7.35. The summed E-state index contributed by atoms with van der Waals surface area (Å²) < 4.78 is 0. The normalized spacial score (nSPS) is 27.1. The van der Waals surface area contributed by atoms with Gasteiger partial charge in [0.15, 0.2) is 17.3 Å². The fourth-order valence-corrected chi connectivity index (χ4v) is 4.79. The van der Waals surface area contributed by atoms with Crippen molar-refractivity contribution in [1.82, 2.24) is 0 Å². The van der Waals surface area contributed by atoms with Gasteiger partial charge >= 0.3 is 0 Å². The van der Waals surface area contributed by atoms with Gasteiger partial charge in [-0.15, -0.1) is 0 Å². The van der Waals surface area contributed by atoms with E-state index in [2.05, 4.69) is 0 Å². The predicted molar refractivity (Wildman–Crippen MR) is 96.5 cm³/mol. The molecule has 1 aromatic carbocycles. The Morgan fingerprint density at radius 1 is 1.22 bits per heavy atom. The first kappa shape index (κ1) is 19.4. The Morgan fingerprint density at radius 2 is 1.93 bits per heavy atom. The first-order valence-corrected chi connectivity index (χ1v) is 9.28. The number of aryl methyl sites for hydroxylation is 1. The van der Waals surface area contributed by atoms with Crippen molar-refractivity contribution >= 4 is 23.1 Å². The van der Waals surface area contributed by atoms with Gasteiger partial charge < -0.3 is 10.2 Å². The molecule has 0 radical (unpaired) electrons. The molecule has 1 fully saturated rings. The number of Topliss-reactive ketones (excluding diaryl/α,β-unsaturated/α-hetero) is 4. The maximum atomic E-state index is 13.2. The summed E-state index contributed by atoms with van der Waals surface area (Å²) in [5, 5.41) is 19.6. The zero-order chi connectivity index (χ0) is 19.9. The molecule has 6 nitrogen and oxygen atoms in total. The van der Waals surface area contributed by atoms with Crippen LogP contribution in [0.5, 0.6) is 5.75 Å². The van der Waals surface area contributed by atoms with Gasteiger partial charge in [-0.3, -0.25) is 19.2 Å². The molecule has 0 amide bonds. The molecule has 27 heavy (non-hydrogen) atoms. The minimum Gasteiger partial charge on any atom is -0.507 e. The molecule has 0 saturated heterocycles. The van der Waals surface area contributed by atoms with Crippen LogP contribution in [0.3, 0.4) is 0 Å². The van der Waals surface area contributed by atoms with E-state index in [4.69, 9.17) is 0 Å². The molecule has 1 saturated carbocycles. The Morgan fingerprint density at radius 3 is 2.56 bits per heavy atom. The van der Waals surface area contributed by atoms with Crippen LogP contribution in [0.4, 0.5) is 0 Å². The molecule has 0 bridgehead atoms. The molecule has 0 heterocycles. The molecular formula is C21H24O6. The van der Waals surface area contributed by atoms with E-state index in [9.17, 15) is 29.4 Å². The summed E-state index contributed by atoms with van der Waals surface area (Å²) in [5.41, 5.74) is 1.82. The largest absolute Gasteiger partial charge is 0.507 e. The summed E-state index contributed by atoms with van der Waals surface area (Å²) in [6, 6.07) is 3.20. The van der Waals surface area contributed by atoms with Crippen LogP contribution in [0.1, 0.15) is 47.7 Å². The lowest BCUT2D eigenvalue weighted by molar-refractivity contribution is -0.142. The molecule has 6 heteroatoms. The number of ketones is 4. The van der Waals surface area contributed by atoms with Crippen molar-refractivity contribution in [3.63, 3.8) is 0 Å². The van der Waals surface area contributed by atoms with Crippen molar-refractivity contribution in [1.29, 1.82) is 0 Å². The van der Waals surface area contributed by atoms with Gasteiger partial charge in [-0.1, -0.05) is 6.07 Å². The number of hydrogen-bond acceptors (Lipinski definition) is 6. The highest BCUT2D eigenvalue weighted by atomic mass is 16.3. The number of benzene rings is 1. The molecule has 1 aromatic rings. The van der Waals surface area contributed by atoms with Crippen LogP contribution in [-0.2, 0) is 20.8 Å². The molecular weight excluding hydrogens is 348 g/mol. The highest BCUT2D eigenvalue weighted by molar-refractivity contribution is 6.20. The van der Waals surface area contributed by atoms with Gasteiger partial charge in [-0.05, 0) is 62.1 Å². The molecule has 4 atom stereocenters. The standard InChI is InChI=1S/C21H24O6/c1-10-3-4-15(24)19-14(10)9-13-8-12(5-6-22)17(16(25)7-11(2)23)20(26)18(13)21(19)27/h3-4,12-13,17-18,22,24H,5-9H2,1-2H3. The minimum absolute atomic E-state index is 0.143. The highest BCUT2D eigenvalue weighted by Crippen LogP contribution is 2.46. The van der Waals surface area contributed by atoms with E-state index in [1.807, 2.05) is 6.92 Å². The molecule has 3 rings (SSSR count). The molecule has 0 aromatic heterocycles. The number of phenols is 1. The lowest BCUT2D eigenvalue weighted by Gasteiger charge is -2.42. The molecule has 2 aliphatic carbocycles. The number of rotatable bonds is 5. The molecule has 2 N–H and O–H groups in total. The number of carbonyl (C=O) groups is 4. The zero-order valence-electron chi connectivity index (χ0n) is 15.5. The monoisotopic (exact) mass is 372 g/mol. The fraction of sp³-hybridized carbons (Fsp3) is 0.524. The summed E-state index contributed by atoms with van der Waals surface area (Å²) in [5.74, 6) is -4.49. The number of hydrogen-bond donors (Lipinski definition) is 2. The van der Waals surface area contributed by atoms with Crippen LogP contribution >= 0.6 is 0 Å². The number of carbonyl (C=O) groups excluding carboxylic acids is 4. The Kier molecular flexibility index (Phi) is 5.29. The summed E-state index contributed by atoms with van der Waals surface area (Å²) in [7, 11) is 0. The molecule has 4 unspecified atom stereocenters. The van der Waals surface area contributed by atoms with E-state index in [-0.39, 0.29) is 48.4 Å². The maximum absolute atomic E-state index is 13.2. The van der Waals surface area contributed by atoms with E-state index >= 15 is 0 Å². The van der Waals surface area contributed by atoms with Crippen molar-refractivity contribution < 1.29 is 29.4 Å². The van der Waals surface area contributed by atoms with Crippen LogP contribution in [0.2, 0.25) is 0 Å². The van der Waals surface area contributed by atoms with Crippen LogP contribution in [0.25, 0.3) is 0 Å². The third-order valence-corrected chi connectivity index (χ3v) is 5.95. The van der Waals surface area contributed by atoms with Crippen LogP contribution < -0.4 is 0 Å². The molecule has 2 aliphatic rings. The van der Waals surface area contributed by atoms with Crippen molar-refractivity contribution in [2.75, 3.05) is 6.61 Å². The second-order valence-corrected chi connectivity index (χ2v) is 7.79. The van der Waals surface area contributed by atoms with Gasteiger partial charge in [0, 0.05) is 6.61 Å². The number of aliphatic hydroxyl groups is 1. The number of aromatic hydroxyl groups is 1. The summed E-state index contributed by atoms with van der Waals surface area (Å²) >= 11 is 0. The Hall–Kier alpha value is -2.34. The van der Waals surface area contributed by atoms with Gasteiger partial charge in [0.1, 0.15) is 11.5 Å². The van der Waals surface area contributed by atoms with E-state index < -0.39 is 29.2 Å². The van der Waals surface area contributed by atoms with Gasteiger partial charge in [0.05, 0.1) is 23.8 Å². The van der Waals surface area contributed by atoms with Crippen molar-refractivity contribution in [3.8, 4) is 5.75 Å². The second-order valence-electron chi connectivity index (χ2n) is 7.79. The average Bonchev–Trinajstić information content (AvgIpc) is 2.57. The SMILES string of the molecule is CC(=O)CC(=O)C1C(=O)C2C(=O)c3c(O)ccc(C)c3CC2CC1CCO. The molecule has 144 valence electrons. The summed E-state index contributed by atoms with van der Waals surface area (Å²) in [6.07, 6.45) is 0.882. The third kappa shape index (κ3) is 3.34. The Balaban J connectivity index is 2.02. The van der Waals surface area contributed by atoms with Crippen LogP contribution in [0.15, 0.2) is 12.1 Å². The minimum atomic E-state index is -1.04. The first-order valence-electron chi connectivity index (χ1n) is 9.28. The van der Waals surface area contributed by atoms with Gasteiger partial charge in [0.25, 0.3) is 0 Å². The van der Waals surface area contributed by atoms with Gasteiger partial charge in [-0.2, -0.15) is 0 Å². The lowest BCUT2D eigenvalue weighted by Crippen LogP contribution is -2.50. The predicted octanol–water partition coefficient (Wildman–Crippen LogP) is 1.81.